The average molecular weight is 376 g/mol. The Morgan fingerprint density at radius 3 is 2.43 bits per heavy atom. The third-order valence-electron chi connectivity index (χ3n) is 4.46. The molecular weight excluding hydrogens is 356 g/mol. The zero-order chi connectivity index (χ0) is 19.7. The molecule has 0 bridgehead atoms. The molecule has 2 amide bonds. The molecule has 1 fully saturated rings. The van der Waals surface area contributed by atoms with Crippen molar-refractivity contribution >= 4 is 23.3 Å². The zero-order valence-electron chi connectivity index (χ0n) is 15.6. The molecule has 0 aromatic carbocycles. The van der Waals surface area contributed by atoms with E-state index in [9.17, 15) is 9.59 Å². The SMILES string of the molecule is Cc1cc(C)n(-c2ccc(C(=O)Nc3ccc(NC(=O)C4CC4)nc3)cn2)n1. The van der Waals surface area contributed by atoms with E-state index in [-0.39, 0.29) is 17.7 Å². The van der Waals surface area contributed by atoms with Crippen LogP contribution in [0.25, 0.3) is 5.82 Å². The highest BCUT2D eigenvalue weighted by Crippen LogP contribution is 2.30. The van der Waals surface area contributed by atoms with Gasteiger partial charge in [0.25, 0.3) is 5.91 Å². The fourth-order valence-corrected chi connectivity index (χ4v) is 2.83. The number of amides is 2. The third kappa shape index (κ3) is 3.90. The maximum Gasteiger partial charge on any atom is 0.257 e. The number of nitrogens with zero attached hydrogens (tertiary/aromatic N) is 4. The van der Waals surface area contributed by atoms with E-state index in [0.717, 1.165) is 24.2 Å². The molecule has 3 aromatic heterocycles. The minimum Gasteiger partial charge on any atom is -0.321 e. The summed E-state index contributed by atoms with van der Waals surface area (Å²) in [5.41, 5.74) is 2.85. The Morgan fingerprint density at radius 2 is 1.86 bits per heavy atom. The predicted molar refractivity (Wildman–Crippen MR) is 104 cm³/mol. The van der Waals surface area contributed by atoms with Gasteiger partial charge in [0.1, 0.15) is 5.82 Å². The molecule has 1 saturated carbocycles. The summed E-state index contributed by atoms with van der Waals surface area (Å²) in [6.07, 6.45) is 4.90. The highest BCUT2D eigenvalue weighted by atomic mass is 16.2. The average Bonchev–Trinajstić information content (AvgIpc) is 3.48. The molecule has 3 heterocycles. The summed E-state index contributed by atoms with van der Waals surface area (Å²) in [6, 6.07) is 8.78. The molecule has 0 aliphatic heterocycles. The van der Waals surface area contributed by atoms with Crippen molar-refractivity contribution in [3.05, 3.63) is 59.7 Å². The van der Waals surface area contributed by atoms with E-state index < -0.39 is 0 Å². The van der Waals surface area contributed by atoms with Crippen LogP contribution in [0.15, 0.2) is 42.7 Å². The van der Waals surface area contributed by atoms with Gasteiger partial charge >= 0.3 is 0 Å². The summed E-state index contributed by atoms with van der Waals surface area (Å²) < 4.78 is 1.73. The second-order valence-corrected chi connectivity index (χ2v) is 6.89. The van der Waals surface area contributed by atoms with Crippen molar-refractivity contribution < 1.29 is 9.59 Å². The quantitative estimate of drug-likeness (QED) is 0.713. The maximum absolute atomic E-state index is 12.4. The van der Waals surface area contributed by atoms with E-state index in [1.165, 1.54) is 12.4 Å². The topological polar surface area (TPSA) is 102 Å². The van der Waals surface area contributed by atoms with Crippen molar-refractivity contribution in [1.29, 1.82) is 0 Å². The molecule has 8 heteroatoms. The van der Waals surface area contributed by atoms with Gasteiger partial charge in [-0.25, -0.2) is 14.6 Å². The number of aromatic nitrogens is 4. The number of hydrogen-bond donors (Lipinski definition) is 2. The maximum atomic E-state index is 12.4. The van der Waals surface area contributed by atoms with Gasteiger partial charge < -0.3 is 10.6 Å². The molecular formula is C20H20N6O2. The van der Waals surface area contributed by atoms with Crippen LogP contribution in [0.3, 0.4) is 0 Å². The Balaban J connectivity index is 1.40. The highest BCUT2D eigenvalue weighted by Gasteiger charge is 2.29. The van der Waals surface area contributed by atoms with Crippen LogP contribution in [-0.2, 0) is 4.79 Å². The van der Waals surface area contributed by atoms with Crippen molar-refractivity contribution in [1.82, 2.24) is 19.7 Å². The molecule has 142 valence electrons. The second kappa shape index (κ2) is 7.22. The molecule has 0 unspecified atom stereocenters. The first kappa shape index (κ1) is 17.8. The fraction of sp³-hybridized carbons (Fsp3) is 0.250. The van der Waals surface area contributed by atoms with Gasteiger partial charge in [-0.1, -0.05) is 0 Å². The summed E-state index contributed by atoms with van der Waals surface area (Å²) in [5, 5.41) is 9.92. The number of pyridine rings is 2. The van der Waals surface area contributed by atoms with Crippen LogP contribution >= 0.6 is 0 Å². The number of carbonyl (C=O) groups excluding carboxylic acids is 2. The van der Waals surface area contributed by atoms with Gasteiger partial charge in [0.05, 0.1) is 23.1 Å². The van der Waals surface area contributed by atoms with Crippen molar-refractivity contribution in [3.8, 4) is 5.82 Å². The zero-order valence-corrected chi connectivity index (χ0v) is 15.6. The summed E-state index contributed by atoms with van der Waals surface area (Å²) in [5.74, 6) is 0.957. The van der Waals surface area contributed by atoms with Crippen molar-refractivity contribution in [2.75, 3.05) is 10.6 Å². The van der Waals surface area contributed by atoms with Gasteiger partial charge in [0, 0.05) is 17.8 Å². The van der Waals surface area contributed by atoms with Crippen LogP contribution in [0, 0.1) is 19.8 Å². The lowest BCUT2D eigenvalue weighted by molar-refractivity contribution is -0.117. The van der Waals surface area contributed by atoms with Crippen LogP contribution < -0.4 is 10.6 Å². The monoisotopic (exact) mass is 376 g/mol. The first-order chi connectivity index (χ1) is 13.5. The lowest BCUT2D eigenvalue weighted by Crippen LogP contribution is -2.15. The lowest BCUT2D eigenvalue weighted by atomic mass is 10.2. The molecule has 8 nitrogen and oxygen atoms in total. The van der Waals surface area contributed by atoms with E-state index in [1.807, 2.05) is 19.9 Å². The standard InChI is InChI=1S/C20H20N6O2/c1-12-9-13(2)26(25-12)18-8-5-15(10-22-18)20(28)23-16-6-7-17(21-11-16)24-19(27)14-3-4-14/h5-11,14H,3-4H2,1-2H3,(H,23,28)(H,21,24,27). The van der Waals surface area contributed by atoms with Gasteiger partial charge in [0.2, 0.25) is 5.91 Å². The summed E-state index contributed by atoms with van der Waals surface area (Å²) in [4.78, 5) is 32.7. The van der Waals surface area contributed by atoms with E-state index >= 15 is 0 Å². The number of aryl methyl sites for hydroxylation is 2. The number of carbonyl (C=O) groups is 2. The fourth-order valence-electron chi connectivity index (χ4n) is 2.83. The van der Waals surface area contributed by atoms with Crippen LogP contribution in [0.1, 0.15) is 34.6 Å². The number of nitrogens with one attached hydrogen (secondary N) is 2. The molecule has 0 radical (unpaired) electrons. The van der Waals surface area contributed by atoms with Gasteiger partial charge in [-0.3, -0.25) is 9.59 Å². The van der Waals surface area contributed by atoms with Gasteiger partial charge in [-0.05, 0) is 57.0 Å². The smallest absolute Gasteiger partial charge is 0.257 e. The lowest BCUT2D eigenvalue weighted by Gasteiger charge is -2.08. The Labute approximate surface area is 162 Å². The molecule has 4 rings (SSSR count). The van der Waals surface area contributed by atoms with E-state index in [4.69, 9.17) is 0 Å². The van der Waals surface area contributed by atoms with Crippen LogP contribution in [0.2, 0.25) is 0 Å². The van der Waals surface area contributed by atoms with E-state index in [2.05, 4.69) is 25.7 Å². The minimum absolute atomic E-state index is 0.00179. The van der Waals surface area contributed by atoms with Gasteiger partial charge in [-0.15, -0.1) is 0 Å². The Bertz CT molecular complexity index is 1020. The Hall–Kier alpha value is -3.55. The van der Waals surface area contributed by atoms with E-state index in [0.29, 0.717) is 22.9 Å². The van der Waals surface area contributed by atoms with E-state index in [1.54, 1.807) is 28.9 Å². The molecule has 0 spiro atoms. The highest BCUT2D eigenvalue weighted by molar-refractivity contribution is 6.04. The molecule has 28 heavy (non-hydrogen) atoms. The molecule has 2 N–H and O–H groups in total. The molecule has 0 atom stereocenters. The van der Waals surface area contributed by atoms with Crippen LogP contribution in [-0.4, -0.2) is 31.6 Å². The van der Waals surface area contributed by atoms with Crippen LogP contribution in [0.5, 0.6) is 0 Å². The van der Waals surface area contributed by atoms with Gasteiger partial charge in [0.15, 0.2) is 5.82 Å². The summed E-state index contributed by atoms with van der Waals surface area (Å²) in [7, 11) is 0. The largest absolute Gasteiger partial charge is 0.321 e. The minimum atomic E-state index is -0.288. The molecule has 3 aromatic rings. The summed E-state index contributed by atoms with van der Waals surface area (Å²) in [6.45, 7) is 3.87. The molecule has 0 saturated heterocycles. The van der Waals surface area contributed by atoms with Crippen molar-refractivity contribution in [2.24, 2.45) is 5.92 Å². The molecule has 1 aliphatic carbocycles. The van der Waals surface area contributed by atoms with Gasteiger partial charge in [-0.2, -0.15) is 5.10 Å². The Morgan fingerprint density at radius 1 is 1.04 bits per heavy atom. The molecule has 1 aliphatic rings. The number of anilines is 2. The van der Waals surface area contributed by atoms with Crippen molar-refractivity contribution in [2.45, 2.75) is 26.7 Å². The summed E-state index contributed by atoms with van der Waals surface area (Å²) >= 11 is 0. The first-order valence-corrected chi connectivity index (χ1v) is 9.07. The third-order valence-corrected chi connectivity index (χ3v) is 4.46. The normalized spacial score (nSPS) is 13.2. The Kier molecular flexibility index (Phi) is 4.60. The first-order valence-electron chi connectivity index (χ1n) is 9.07. The number of rotatable bonds is 5. The van der Waals surface area contributed by atoms with Crippen molar-refractivity contribution in [3.63, 3.8) is 0 Å². The number of hydrogen-bond acceptors (Lipinski definition) is 5. The predicted octanol–water partition coefficient (Wildman–Crippen LogP) is 2.88. The van der Waals surface area contributed by atoms with Crippen LogP contribution in [0.4, 0.5) is 11.5 Å². The second-order valence-electron chi connectivity index (χ2n) is 6.89.